The van der Waals surface area contributed by atoms with E-state index in [4.69, 9.17) is 5.73 Å². The molecule has 24 heavy (non-hydrogen) atoms. The van der Waals surface area contributed by atoms with Gasteiger partial charge >= 0.3 is 5.97 Å². The van der Waals surface area contributed by atoms with Crippen LogP contribution >= 0.6 is 0 Å². The smallest absolute Gasteiger partial charge is 0.335 e. The lowest BCUT2D eigenvalue weighted by molar-refractivity contribution is 0.0696. The molecular formula is C20H24N2O2. The fourth-order valence-corrected chi connectivity index (χ4v) is 3.53. The average molecular weight is 324 g/mol. The lowest BCUT2D eigenvalue weighted by Crippen LogP contribution is -2.32. The molecule has 0 amide bonds. The molecule has 4 nitrogen and oxygen atoms in total. The number of hydrogen-bond donors (Lipinski definition) is 2. The van der Waals surface area contributed by atoms with Crippen LogP contribution in [0, 0.1) is 6.92 Å². The van der Waals surface area contributed by atoms with E-state index < -0.39 is 5.97 Å². The number of nitrogens with zero attached hydrogens (tertiary/aromatic N) is 1. The molecule has 0 aliphatic carbocycles. The van der Waals surface area contributed by atoms with Crippen molar-refractivity contribution in [3.63, 3.8) is 0 Å². The van der Waals surface area contributed by atoms with E-state index in [-0.39, 0.29) is 0 Å². The number of nitrogens with two attached hydrogens (primary N) is 1. The number of nitrogen functional groups attached to an aromatic ring is 1. The van der Waals surface area contributed by atoms with Gasteiger partial charge < -0.3 is 10.8 Å². The third-order valence-electron chi connectivity index (χ3n) is 5.00. The first-order valence-electron chi connectivity index (χ1n) is 8.44. The van der Waals surface area contributed by atoms with E-state index in [0.717, 1.165) is 38.2 Å². The zero-order valence-corrected chi connectivity index (χ0v) is 14.0. The van der Waals surface area contributed by atoms with E-state index >= 15 is 0 Å². The van der Waals surface area contributed by atoms with Gasteiger partial charge in [0.2, 0.25) is 0 Å². The van der Waals surface area contributed by atoms with Crippen LogP contribution in [-0.4, -0.2) is 29.1 Å². The van der Waals surface area contributed by atoms with E-state index in [1.54, 1.807) is 6.07 Å². The summed E-state index contributed by atoms with van der Waals surface area (Å²) in [6, 6.07) is 13.5. The van der Waals surface area contributed by atoms with Crippen molar-refractivity contribution in [2.45, 2.75) is 32.2 Å². The Bertz CT molecular complexity index is 734. The number of carboxylic acids is 1. The van der Waals surface area contributed by atoms with Gasteiger partial charge in [0.15, 0.2) is 0 Å². The molecule has 4 heteroatoms. The predicted octanol–water partition coefficient (Wildman–Crippen LogP) is 3.66. The van der Waals surface area contributed by atoms with Crippen molar-refractivity contribution in [2.24, 2.45) is 0 Å². The number of benzene rings is 2. The summed E-state index contributed by atoms with van der Waals surface area (Å²) < 4.78 is 0. The van der Waals surface area contributed by atoms with Gasteiger partial charge in [-0.25, -0.2) is 4.79 Å². The molecule has 0 spiro atoms. The molecule has 0 aromatic heterocycles. The van der Waals surface area contributed by atoms with Gasteiger partial charge in [-0.1, -0.05) is 24.3 Å². The fourth-order valence-electron chi connectivity index (χ4n) is 3.53. The minimum atomic E-state index is -0.853. The third kappa shape index (κ3) is 3.60. The first kappa shape index (κ1) is 16.5. The molecule has 126 valence electrons. The van der Waals surface area contributed by atoms with Crippen molar-refractivity contribution in [1.29, 1.82) is 0 Å². The Hall–Kier alpha value is -2.33. The molecule has 0 radical (unpaired) electrons. The van der Waals surface area contributed by atoms with E-state index in [0.29, 0.717) is 11.5 Å². The van der Waals surface area contributed by atoms with Gasteiger partial charge in [-0.15, -0.1) is 0 Å². The van der Waals surface area contributed by atoms with Crippen molar-refractivity contribution < 1.29 is 9.90 Å². The normalized spacial score (nSPS) is 16.2. The third-order valence-corrected chi connectivity index (χ3v) is 5.00. The van der Waals surface area contributed by atoms with Gasteiger partial charge in [0.25, 0.3) is 0 Å². The topological polar surface area (TPSA) is 66.6 Å². The van der Waals surface area contributed by atoms with Crippen molar-refractivity contribution in [3.8, 4) is 0 Å². The van der Waals surface area contributed by atoms with Crippen molar-refractivity contribution in [1.82, 2.24) is 4.90 Å². The summed E-state index contributed by atoms with van der Waals surface area (Å²) in [4.78, 5) is 13.6. The molecule has 1 aliphatic heterocycles. The molecule has 2 aromatic carbocycles. The van der Waals surface area contributed by atoms with Crippen LogP contribution in [0.2, 0.25) is 0 Å². The number of anilines is 1. The number of rotatable bonds is 4. The molecule has 0 bridgehead atoms. The summed E-state index contributed by atoms with van der Waals surface area (Å²) >= 11 is 0. The van der Waals surface area contributed by atoms with Crippen LogP contribution in [0.15, 0.2) is 42.5 Å². The second-order valence-corrected chi connectivity index (χ2v) is 6.63. The molecule has 1 fully saturated rings. The second kappa shape index (κ2) is 7.05. The van der Waals surface area contributed by atoms with Gasteiger partial charge in [0.1, 0.15) is 0 Å². The first-order valence-corrected chi connectivity index (χ1v) is 8.44. The van der Waals surface area contributed by atoms with Crippen LogP contribution in [0.4, 0.5) is 5.69 Å². The summed E-state index contributed by atoms with van der Waals surface area (Å²) in [6.45, 7) is 4.97. The molecule has 0 unspecified atom stereocenters. The van der Waals surface area contributed by atoms with Crippen molar-refractivity contribution >= 4 is 11.7 Å². The molecule has 1 heterocycles. The lowest BCUT2D eigenvalue weighted by atomic mass is 9.86. The number of piperidine rings is 1. The maximum atomic E-state index is 11.2. The van der Waals surface area contributed by atoms with Crippen LogP contribution in [0.5, 0.6) is 0 Å². The number of aromatic carboxylic acids is 1. The summed E-state index contributed by atoms with van der Waals surface area (Å²) in [5.41, 5.74) is 10.8. The highest BCUT2D eigenvalue weighted by Gasteiger charge is 2.23. The molecule has 0 saturated carbocycles. The fraction of sp³-hybridized carbons (Fsp3) is 0.350. The molecule has 1 saturated heterocycles. The zero-order chi connectivity index (χ0) is 17.1. The van der Waals surface area contributed by atoms with E-state index in [1.165, 1.54) is 16.7 Å². The standard InChI is InChI=1S/C20H24N2O2/c1-14-6-7-16(20(23)24)12-18(14)15-8-10-22(11-9-15)13-17-4-2-3-5-19(17)21/h2-7,12,15H,8-11,13,21H2,1H3,(H,23,24). The van der Waals surface area contributed by atoms with Crippen LogP contribution < -0.4 is 5.73 Å². The minimum absolute atomic E-state index is 0.384. The van der Waals surface area contributed by atoms with Gasteiger partial charge in [0.05, 0.1) is 5.56 Å². The average Bonchev–Trinajstić information content (AvgIpc) is 2.58. The minimum Gasteiger partial charge on any atom is -0.478 e. The Morgan fingerprint density at radius 2 is 1.92 bits per heavy atom. The van der Waals surface area contributed by atoms with Gasteiger partial charge in [-0.05, 0) is 73.7 Å². The lowest BCUT2D eigenvalue weighted by Gasteiger charge is -2.33. The Morgan fingerprint density at radius 1 is 1.21 bits per heavy atom. The number of carboxylic acid groups (broad SMARTS) is 1. The monoisotopic (exact) mass is 324 g/mol. The molecule has 3 N–H and O–H groups in total. The molecule has 2 aromatic rings. The zero-order valence-electron chi connectivity index (χ0n) is 14.0. The van der Waals surface area contributed by atoms with E-state index in [2.05, 4.69) is 17.9 Å². The molecule has 0 atom stereocenters. The van der Waals surface area contributed by atoms with Gasteiger partial charge in [-0.2, -0.15) is 0 Å². The second-order valence-electron chi connectivity index (χ2n) is 6.63. The Kier molecular flexibility index (Phi) is 4.86. The maximum absolute atomic E-state index is 11.2. The Morgan fingerprint density at radius 3 is 2.58 bits per heavy atom. The van der Waals surface area contributed by atoms with Crippen molar-refractivity contribution in [2.75, 3.05) is 18.8 Å². The van der Waals surface area contributed by atoms with Crippen LogP contribution in [0.25, 0.3) is 0 Å². The van der Waals surface area contributed by atoms with Crippen LogP contribution in [0.3, 0.4) is 0 Å². The maximum Gasteiger partial charge on any atom is 0.335 e. The highest BCUT2D eigenvalue weighted by atomic mass is 16.4. The SMILES string of the molecule is Cc1ccc(C(=O)O)cc1C1CCN(Cc2ccccc2N)CC1. The van der Waals surface area contributed by atoms with Gasteiger partial charge in [0, 0.05) is 12.2 Å². The highest BCUT2D eigenvalue weighted by Crippen LogP contribution is 2.31. The number of hydrogen-bond acceptors (Lipinski definition) is 3. The number of para-hydroxylation sites is 1. The summed E-state index contributed by atoms with van der Waals surface area (Å²) in [5.74, 6) is -0.415. The predicted molar refractivity (Wildman–Crippen MR) is 96.2 cm³/mol. The van der Waals surface area contributed by atoms with E-state index in [9.17, 15) is 9.90 Å². The molecule has 3 rings (SSSR count). The molecule has 1 aliphatic rings. The number of carbonyl (C=O) groups is 1. The summed E-state index contributed by atoms with van der Waals surface area (Å²) in [7, 11) is 0. The largest absolute Gasteiger partial charge is 0.478 e. The Labute approximate surface area is 142 Å². The highest BCUT2D eigenvalue weighted by molar-refractivity contribution is 5.88. The van der Waals surface area contributed by atoms with Crippen LogP contribution in [-0.2, 0) is 6.54 Å². The summed E-state index contributed by atoms with van der Waals surface area (Å²) in [5, 5.41) is 9.21. The number of likely N-dealkylation sites (tertiary alicyclic amines) is 1. The van der Waals surface area contributed by atoms with Crippen molar-refractivity contribution in [3.05, 3.63) is 64.7 Å². The number of aryl methyl sites for hydroxylation is 1. The molecular weight excluding hydrogens is 300 g/mol. The quantitative estimate of drug-likeness (QED) is 0.842. The van der Waals surface area contributed by atoms with Gasteiger partial charge in [-0.3, -0.25) is 4.90 Å². The van der Waals surface area contributed by atoms with E-state index in [1.807, 2.05) is 30.3 Å². The van der Waals surface area contributed by atoms with Crippen LogP contribution in [0.1, 0.15) is 45.8 Å². The Balaban J connectivity index is 1.66. The summed E-state index contributed by atoms with van der Waals surface area (Å²) in [6.07, 6.45) is 2.10. The first-order chi connectivity index (χ1) is 11.5.